The van der Waals surface area contributed by atoms with Gasteiger partial charge in [-0.25, -0.2) is 9.67 Å². The van der Waals surface area contributed by atoms with Crippen LogP contribution in [0.2, 0.25) is 10.0 Å². The molecule has 0 aliphatic rings. The highest BCUT2D eigenvalue weighted by molar-refractivity contribution is 6.33. The van der Waals surface area contributed by atoms with Crippen molar-refractivity contribution in [1.29, 1.82) is 0 Å². The third-order valence-electron chi connectivity index (χ3n) is 3.57. The molecule has 26 heavy (non-hydrogen) atoms. The third kappa shape index (κ3) is 3.58. The van der Waals surface area contributed by atoms with E-state index in [4.69, 9.17) is 32.7 Å². The van der Waals surface area contributed by atoms with Crippen molar-refractivity contribution in [3.8, 4) is 17.2 Å². The summed E-state index contributed by atoms with van der Waals surface area (Å²) >= 11 is 12.4. The largest absolute Gasteiger partial charge is 0.493 e. The third-order valence-corrected chi connectivity index (χ3v) is 4.15. The molecule has 7 nitrogen and oxygen atoms in total. The molecule has 1 aromatic heterocycles. The lowest BCUT2D eigenvalue weighted by atomic mass is 10.1. The molecule has 1 N–H and O–H groups in total. The fraction of sp³-hybridized carbons (Fsp3) is 0.118. The first kappa shape index (κ1) is 18.0. The van der Waals surface area contributed by atoms with Crippen molar-refractivity contribution in [1.82, 2.24) is 14.8 Å². The van der Waals surface area contributed by atoms with E-state index in [0.717, 1.165) is 0 Å². The molecule has 0 saturated heterocycles. The van der Waals surface area contributed by atoms with Gasteiger partial charge in [0.05, 0.1) is 30.0 Å². The number of hydrogen-bond donors (Lipinski definition) is 1. The number of ether oxygens (including phenoxy) is 2. The number of hydrogen-bond acceptors (Lipinski definition) is 5. The van der Waals surface area contributed by atoms with Gasteiger partial charge in [0.25, 0.3) is 5.91 Å². The molecule has 134 valence electrons. The summed E-state index contributed by atoms with van der Waals surface area (Å²) in [5.41, 5.74) is 1.50. The number of methoxy groups -OCH3 is 2. The van der Waals surface area contributed by atoms with Gasteiger partial charge in [-0.15, -0.1) is 0 Å². The quantitative estimate of drug-likeness (QED) is 0.713. The predicted octanol–water partition coefficient (Wildman–Crippen LogP) is 3.84. The highest BCUT2D eigenvalue weighted by Gasteiger charge is 2.16. The molecule has 3 aromatic rings. The van der Waals surface area contributed by atoms with Crippen LogP contribution in [0.25, 0.3) is 5.69 Å². The Morgan fingerprint density at radius 1 is 1.12 bits per heavy atom. The van der Waals surface area contributed by atoms with Crippen molar-refractivity contribution in [2.24, 2.45) is 0 Å². The first-order valence-electron chi connectivity index (χ1n) is 7.41. The molecule has 0 atom stereocenters. The van der Waals surface area contributed by atoms with E-state index in [1.165, 1.54) is 37.6 Å². The zero-order chi connectivity index (χ0) is 18.7. The van der Waals surface area contributed by atoms with Crippen LogP contribution in [0.4, 0.5) is 5.69 Å². The Morgan fingerprint density at radius 2 is 1.92 bits per heavy atom. The molecule has 0 spiro atoms. The molecule has 9 heteroatoms. The van der Waals surface area contributed by atoms with Gasteiger partial charge in [-0.1, -0.05) is 23.2 Å². The molecule has 0 aliphatic carbocycles. The lowest BCUT2D eigenvalue weighted by molar-refractivity contribution is 0.102. The van der Waals surface area contributed by atoms with Gasteiger partial charge in [-0.05, 0) is 30.3 Å². The van der Waals surface area contributed by atoms with Crippen LogP contribution in [-0.2, 0) is 0 Å². The topological polar surface area (TPSA) is 78.3 Å². The van der Waals surface area contributed by atoms with Gasteiger partial charge in [0.15, 0.2) is 11.5 Å². The molecule has 0 aliphatic heterocycles. The van der Waals surface area contributed by atoms with Gasteiger partial charge in [0.1, 0.15) is 12.7 Å². The number of carbonyl (C=O) groups excluding carboxylic acids is 1. The lowest BCUT2D eigenvalue weighted by Gasteiger charge is -2.12. The molecule has 1 heterocycles. The van der Waals surface area contributed by atoms with Crippen molar-refractivity contribution in [2.75, 3.05) is 19.5 Å². The SMILES string of the molecule is COc1cc(C(=O)Nc2ccc(-n3cncn3)c(Cl)c2)cc(Cl)c1OC. The van der Waals surface area contributed by atoms with Gasteiger partial charge in [-0.2, -0.15) is 5.10 Å². The van der Waals surface area contributed by atoms with E-state index >= 15 is 0 Å². The molecule has 0 bridgehead atoms. The smallest absolute Gasteiger partial charge is 0.255 e. The minimum absolute atomic E-state index is 0.275. The minimum atomic E-state index is -0.363. The van der Waals surface area contributed by atoms with E-state index < -0.39 is 0 Å². The van der Waals surface area contributed by atoms with Crippen LogP contribution in [0, 0.1) is 0 Å². The summed E-state index contributed by atoms with van der Waals surface area (Å²) in [6.45, 7) is 0. The first-order valence-corrected chi connectivity index (χ1v) is 8.16. The van der Waals surface area contributed by atoms with Crippen molar-refractivity contribution in [3.05, 3.63) is 58.6 Å². The van der Waals surface area contributed by atoms with Crippen LogP contribution in [0.1, 0.15) is 10.4 Å². The summed E-state index contributed by atoms with van der Waals surface area (Å²) < 4.78 is 11.9. The summed E-state index contributed by atoms with van der Waals surface area (Å²) in [4.78, 5) is 16.4. The number of amides is 1. The van der Waals surface area contributed by atoms with Crippen LogP contribution in [-0.4, -0.2) is 34.9 Å². The van der Waals surface area contributed by atoms with Crippen LogP contribution < -0.4 is 14.8 Å². The number of aromatic nitrogens is 3. The Bertz CT molecular complexity index is 945. The summed E-state index contributed by atoms with van der Waals surface area (Å²) in [6.07, 6.45) is 2.94. The van der Waals surface area contributed by atoms with Gasteiger partial charge >= 0.3 is 0 Å². The summed E-state index contributed by atoms with van der Waals surface area (Å²) in [5, 5.41) is 7.48. The molecule has 0 unspecified atom stereocenters. The number of anilines is 1. The van der Waals surface area contributed by atoms with Crippen LogP contribution in [0.3, 0.4) is 0 Å². The van der Waals surface area contributed by atoms with Gasteiger partial charge < -0.3 is 14.8 Å². The van der Waals surface area contributed by atoms with Gasteiger partial charge in [-0.3, -0.25) is 4.79 Å². The van der Waals surface area contributed by atoms with E-state index in [0.29, 0.717) is 33.5 Å². The zero-order valence-corrected chi connectivity index (χ0v) is 15.4. The van der Waals surface area contributed by atoms with E-state index in [-0.39, 0.29) is 10.9 Å². The Balaban J connectivity index is 1.84. The monoisotopic (exact) mass is 392 g/mol. The molecule has 3 rings (SSSR count). The molecule has 0 fully saturated rings. The Labute approximate surface area is 159 Å². The van der Waals surface area contributed by atoms with Crippen LogP contribution >= 0.6 is 23.2 Å². The van der Waals surface area contributed by atoms with E-state index in [1.54, 1.807) is 24.3 Å². The highest BCUT2D eigenvalue weighted by atomic mass is 35.5. The number of carbonyl (C=O) groups is 1. The normalized spacial score (nSPS) is 10.5. The van der Waals surface area contributed by atoms with E-state index in [1.807, 2.05) is 0 Å². The Kier molecular flexibility index (Phi) is 5.29. The second-order valence-corrected chi connectivity index (χ2v) is 5.97. The molecule has 1 amide bonds. The second kappa shape index (κ2) is 7.63. The maximum absolute atomic E-state index is 12.5. The lowest BCUT2D eigenvalue weighted by Crippen LogP contribution is -2.12. The minimum Gasteiger partial charge on any atom is -0.493 e. The number of halogens is 2. The summed E-state index contributed by atoms with van der Waals surface area (Å²) in [6, 6.07) is 8.12. The van der Waals surface area contributed by atoms with Gasteiger partial charge in [0, 0.05) is 11.3 Å². The predicted molar refractivity (Wildman–Crippen MR) is 98.9 cm³/mol. The molecule has 2 aromatic carbocycles. The summed E-state index contributed by atoms with van der Waals surface area (Å²) in [7, 11) is 2.95. The maximum atomic E-state index is 12.5. The van der Waals surface area contributed by atoms with Crippen LogP contribution in [0.15, 0.2) is 43.0 Å². The van der Waals surface area contributed by atoms with Crippen molar-refractivity contribution < 1.29 is 14.3 Å². The van der Waals surface area contributed by atoms with Crippen LogP contribution in [0.5, 0.6) is 11.5 Å². The first-order chi connectivity index (χ1) is 12.5. The fourth-order valence-electron chi connectivity index (χ4n) is 2.36. The Morgan fingerprint density at radius 3 is 2.54 bits per heavy atom. The fourth-order valence-corrected chi connectivity index (χ4v) is 2.91. The number of rotatable bonds is 5. The number of nitrogens with zero attached hydrogens (tertiary/aromatic N) is 3. The maximum Gasteiger partial charge on any atom is 0.255 e. The molecule has 0 radical (unpaired) electrons. The standard InChI is InChI=1S/C17H14Cl2N4O3/c1-25-15-6-10(5-13(19)16(15)26-2)17(24)22-11-3-4-14(12(18)7-11)23-9-20-8-21-23/h3-9H,1-2H3,(H,22,24). The van der Waals surface area contributed by atoms with Crippen molar-refractivity contribution in [2.45, 2.75) is 0 Å². The summed E-state index contributed by atoms with van der Waals surface area (Å²) in [5.74, 6) is 0.369. The van der Waals surface area contributed by atoms with Gasteiger partial charge in [0.2, 0.25) is 0 Å². The molecule has 0 saturated carbocycles. The van der Waals surface area contributed by atoms with Crippen molar-refractivity contribution >= 4 is 34.8 Å². The Hall–Kier alpha value is -2.77. The van der Waals surface area contributed by atoms with E-state index in [2.05, 4.69) is 15.4 Å². The van der Waals surface area contributed by atoms with Crippen molar-refractivity contribution in [3.63, 3.8) is 0 Å². The molecular formula is C17H14Cl2N4O3. The van der Waals surface area contributed by atoms with E-state index in [9.17, 15) is 4.79 Å². The average Bonchev–Trinajstić information content (AvgIpc) is 3.15. The average molecular weight is 393 g/mol. The second-order valence-electron chi connectivity index (χ2n) is 5.15. The highest BCUT2D eigenvalue weighted by Crippen LogP contribution is 2.36. The zero-order valence-electron chi connectivity index (χ0n) is 13.9. The number of nitrogens with one attached hydrogen (secondary N) is 1. The molecular weight excluding hydrogens is 379 g/mol. The number of benzene rings is 2.